The second-order valence-corrected chi connectivity index (χ2v) is 7.99. The van der Waals surface area contributed by atoms with Gasteiger partial charge in [0.25, 0.3) is 5.56 Å². The Morgan fingerprint density at radius 2 is 1.93 bits per heavy atom. The molecule has 0 N–H and O–H groups in total. The van der Waals surface area contributed by atoms with Crippen molar-refractivity contribution < 1.29 is 4.74 Å². The summed E-state index contributed by atoms with van der Waals surface area (Å²) in [5.41, 5.74) is 2.35. The van der Waals surface area contributed by atoms with Gasteiger partial charge in [-0.1, -0.05) is 13.8 Å². The molecule has 27 heavy (non-hydrogen) atoms. The first kappa shape index (κ1) is 18.0. The average molecular weight is 373 g/mol. The van der Waals surface area contributed by atoms with Crippen molar-refractivity contribution in [3.05, 3.63) is 32.2 Å². The smallest absolute Gasteiger partial charge is 0.332 e. The first-order valence-corrected chi connectivity index (χ1v) is 9.60. The number of nitrogens with zero attached hydrogens (tertiary/aromatic N) is 5. The maximum atomic E-state index is 13.2. The number of aryl methyl sites for hydroxylation is 2. The summed E-state index contributed by atoms with van der Waals surface area (Å²) in [6.45, 7) is 9.92. The molecule has 8 nitrogen and oxygen atoms in total. The molecule has 0 radical (unpaired) electrons. The van der Waals surface area contributed by atoms with E-state index in [2.05, 4.69) is 4.57 Å². The average Bonchev–Trinajstić information content (AvgIpc) is 3.31. The highest BCUT2D eigenvalue weighted by molar-refractivity contribution is 5.76. The van der Waals surface area contributed by atoms with Crippen LogP contribution in [0.25, 0.3) is 16.9 Å². The first-order chi connectivity index (χ1) is 12.8. The molecule has 1 aliphatic heterocycles. The van der Waals surface area contributed by atoms with Crippen molar-refractivity contribution >= 4 is 16.9 Å². The van der Waals surface area contributed by atoms with Crippen molar-refractivity contribution in [1.82, 2.24) is 23.1 Å². The van der Waals surface area contributed by atoms with Gasteiger partial charge >= 0.3 is 5.69 Å². The summed E-state index contributed by atoms with van der Waals surface area (Å²) in [6.07, 6.45) is 2.27. The number of hydrogen-bond donors (Lipinski definition) is 0. The summed E-state index contributed by atoms with van der Waals surface area (Å²) in [6, 6.07) is 0. The zero-order valence-electron chi connectivity index (χ0n) is 16.7. The second-order valence-electron chi connectivity index (χ2n) is 7.99. The van der Waals surface area contributed by atoms with Crippen LogP contribution in [0.5, 0.6) is 0 Å². The quantitative estimate of drug-likeness (QED) is 0.696. The van der Waals surface area contributed by atoms with Crippen molar-refractivity contribution in [2.45, 2.75) is 59.7 Å². The van der Waals surface area contributed by atoms with Crippen LogP contribution in [0.2, 0.25) is 0 Å². The maximum Gasteiger partial charge on any atom is 0.332 e. The first-order valence-electron chi connectivity index (χ1n) is 9.60. The van der Waals surface area contributed by atoms with Crippen LogP contribution >= 0.6 is 0 Å². The van der Waals surface area contributed by atoms with E-state index < -0.39 is 0 Å². The summed E-state index contributed by atoms with van der Waals surface area (Å²) < 4.78 is 12.6. The fourth-order valence-corrected chi connectivity index (χ4v) is 4.05. The molecule has 4 heterocycles. The van der Waals surface area contributed by atoms with E-state index in [1.54, 1.807) is 7.05 Å². The van der Waals surface area contributed by atoms with Crippen LogP contribution in [0.15, 0.2) is 9.59 Å². The van der Waals surface area contributed by atoms with E-state index in [0.717, 1.165) is 30.8 Å². The summed E-state index contributed by atoms with van der Waals surface area (Å²) in [7, 11) is 1.68. The highest BCUT2D eigenvalue weighted by atomic mass is 16.5. The van der Waals surface area contributed by atoms with Gasteiger partial charge in [0, 0.05) is 31.6 Å². The minimum Gasteiger partial charge on any atom is -0.376 e. The SMILES string of the molecule is Cc1c(C)n2c3c(=O)n(CC(C)C)c(=O)n(C)c3nc2n1CC1CCCO1. The van der Waals surface area contributed by atoms with Crippen LogP contribution in [-0.4, -0.2) is 35.8 Å². The molecule has 4 rings (SSSR count). The highest BCUT2D eigenvalue weighted by Gasteiger charge is 2.25. The lowest BCUT2D eigenvalue weighted by molar-refractivity contribution is 0.0974. The van der Waals surface area contributed by atoms with Crippen LogP contribution < -0.4 is 11.2 Å². The summed E-state index contributed by atoms with van der Waals surface area (Å²) in [4.78, 5) is 30.6. The van der Waals surface area contributed by atoms with Crippen molar-refractivity contribution in [3.8, 4) is 0 Å². The van der Waals surface area contributed by atoms with Crippen molar-refractivity contribution in [1.29, 1.82) is 0 Å². The van der Waals surface area contributed by atoms with Crippen LogP contribution in [0.4, 0.5) is 0 Å². The van der Waals surface area contributed by atoms with Crippen LogP contribution in [-0.2, 0) is 24.9 Å². The molecule has 0 bridgehead atoms. The van der Waals surface area contributed by atoms with Crippen LogP contribution in [0.1, 0.15) is 38.1 Å². The van der Waals surface area contributed by atoms with E-state index >= 15 is 0 Å². The fourth-order valence-electron chi connectivity index (χ4n) is 4.05. The molecule has 1 aliphatic rings. The van der Waals surface area contributed by atoms with Crippen molar-refractivity contribution in [2.75, 3.05) is 6.61 Å². The largest absolute Gasteiger partial charge is 0.376 e. The van der Waals surface area contributed by atoms with Gasteiger partial charge in [-0.15, -0.1) is 0 Å². The number of rotatable bonds is 4. The topological polar surface area (TPSA) is 75.5 Å². The van der Waals surface area contributed by atoms with E-state index in [9.17, 15) is 9.59 Å². The molecule has 0 saturated carbocycles. The molecule has 146 valence electrons. The third-order valence-corrected chi connectivity index (χ3v) is 5.59. The molecule has 0 aromatic carbocycles. The predicted octanol–water partition coefficient (Wildman–Crippen LogP) is 1.60. The number of imidazole rings is 2. The highest BCUT2D eigenvalue weighted by Crippen LogP contribution is 2.23. The Labute approximate surface area is 157 Å². The Bertz CT molecular complexity index is 1140. The van der Waals surface area contributed by atoms with Gasteiger partial charge in [0.1, 0.15) is 0 Å². The third kappa shape index (κ3) is 2.65. The summed E-state index contributed by atoms with van der Waals surface area (Å²) in [5, 5.41) is 0. The Morgan fingerprint density at radius 1 is 1.19 bits per heavy atom. The van der Waals surface area contributed by atoms with Gasteiger partial charge in [-0.2, -0.15) is 4.98 Å². The van der Waals surface area contributed by atoms with E-state index in [1.807, 2.05) is 32.1 Å². The van der Waals surface area contributed by atoms with Crippen LogP contribution in [0, 0.1) is 19.8 Å². The molecule has 0 spiro atoms. The zero-order valence-corrected chi connectivity index (χ0v) is 16.7. The van der Waals surface area contributed by atoms with Gasteiger partial charge in [0.15, 0.2) is 11.2 Å². The lowest BCUT2D eigenvalue weighted by Crippen LogP contribution is -2.40. The van der Waals surface area contributed by atoms with E-state index in [0.29, 0.717) is 30.0 Å². The monoisotopic (exact) mass is 373 g/mol. The second kappa shape index (κ2) is 6.37. The lowest BCUT2D eigenvalue weighted by Gasteiger charge is -2.12. The van der Waals surface area contributed by atoms with Gasteiger partial charge in [-0.25, -0.2) is 4.79 Å². The number of ether oxygens (including phenoxy) is 1. The van der Waals surface area contributed by atoms with Gasteiger partial charge in [-0.05, 0) is 32.6 Å². The summed E-state index contributed by atoms with van der Waals surface area (Å²) >= 11 is 0. The molecular weight excluding hydrogens is 346 g/mol. The van der Waals surface area contributed by atoms with E-state index in [4.69, 9.17) is 9.72 Å². The summed E-state index contributed by atoms with van der Waals surface area (Å²) in [5.74, 6) is 0.896. The van der Waals surface area contributed by atoms with E-state index in [1.165, 1.54) is 9.13 Å². The van der Waals surface area contributed by atoms with Crippen LogP contribution in [0.3, 0.4) is 0 Å². The van der Waals surface area contributed by atoms with Crippen molar-refractivity contribution in [2.24, 2.45) is 13.0 Å². The minimum absolute atomic E-state index is 0.167. The number of hydrogen-bond acceptors (Lipinski definition) is 4. The molecule has 0 amide bonds. The molecule has 3 aromatic rings. The Balaban J connectivity index is 2.02. The molecule has 3 aromatic heterocycles. The van der Waals surface area contributed by atoms with E-state index in [-0.39, 0.29) is 23.3 Å². The fraction of sp³-hybridized carbons (Fsp3) is 0.632. The number of aromatic nitrogens is 5. The molecule has 1 atom stereocenters. The molecule has 1 unspecified atom stereocenters. The number of fused-ring (bicyclic) bond motifs is 3. The van der Waals surface area contributed by atoms with Crippen molar-refractivity contribution in [3.63, 3.8) is 0 Å². The standard InChI is InChI=1S/C19H27N5O3/c1-11(2)9-23-17(25)15-16(21(5)19(23)26)20-18-22(10-14-7-6-8-27-14)12(3)13(4)24(15)18/h11,14H,6-10H2,1-5H3. The van der Waals surface area contributed by atoms with Gasteiger partial charge in [0.2, 0.25) is 5.78 Å². The molecule has 1 fully saturated rings. The minimum atomic E-state index is -0.318. The lowest BCUT2D eigenvalue weighted by atomic mass is 10.2. The Kier molecular flexibility index (Phi) is 4.25. The van der Waals surface area contributed by atoms with Gasteiger partial charge in [-0.3, -0.25) is 18.3 Å². The normalized spacial score (nSPS) is 17.8. The predicted molar refractivity (Wildman–Crippen MR) is 103 cm³/mol. The molecule has 1 saturated heterocycles. The third-order valence-electron chi connectivity index (χ3n) is 5.59. The van der Waals surface area contributed by atoms with Gasteiger partial charge in [0.05, 0.1) is 12.6 Å². The zero-order chi connectivity index (χ0) is 19.5. The Hall–Kier alpha value is -2.35. The molecule has 0 aliphatic carbocycles. The van der Waals surface area contributed by atoms with Gasteiger partial charge < -0.3 is 9.30 Å². The Morgan fingerprint density at radius 3 is 2.56 bits per heavy atom. The maximum absolute atomic E-state index is 13.2. The molecule has 8 heteroatoms. The molecular formula is C19H27N5O3.